The van der Waals surface area contributed by atoms with Gasteiger partial charge in [0.05, 0.1) is 0 Å². The molecule has 0 unspecified atom stereocenters. The van der Waals surface area contributed by atoms with Crippen LogP contribution >= 0.6 is 0 Å². The highest BCUT2D eigenvalue weighted by molar-refractivity contribution is 5.83. The number of benzene rings is 2. The van der Waals surface area contributed by atoms with Crippen molar-refractivity contribution in [3.63, 3.8) is 0 Å². The third-order valence-corrected chi connectivity index (χ3v) is 3.92. The maximum Gasteiger partial charge on any atom is 0.408 e. The molecule has 5 heteroatoms. The van der Waals surface area contributed by atoms with Crippen LogP contribution in [-0.2, 0) is 0 Å². The van der Waals surface area contributed by atoms with Gasteiger partial charge < -0.3 is 5.32 Å². The van der Waals surface area contributed by atoms with E-state index in [9.17, 15) is 13.2 Å². The lowest BCUT2D eigenvalue weighted by molar-refractivity contribution is -0.187. The van der Waals surface area contributed by atoms with Gasteiger partial charge in [0, 0.05) is 26.2 Å². The van der Waals surface area contributed by atoms with Gasteiger partial charge in [0.2, 0.25) is 0 Å². The third-order valence-electron chi connectivity index (χ3n) is 3.92. The molecule has 1 fully saturated rings. The molecule has 1 N–H and O–H groups in total. The average Bonchev–Trinajstić information content (AvgIpc) is 2.47. The fourth-order valence-corrected chi connectivity index (χ4v) is 2.93. The zero-order valence-corrected chi connectivity index (χ0v) is 11.5. The molecule has 2 nitrogen and oxygen atoms in total. The molecule has 0 bridgehead atoms. The maximum atomic E-state index is 13.5. The van der Waals surface area contributed by atoms with Crippen molar-refractivity contribution in [2.75, 3.05) is 26.2 Å². The summed E-state index contributed by atoms with van der Waals surface area (Å²) in [5.74, 6) is 0. The van der Waals surface area contributed by atoms with Gasteiger partial charge in [-0.05, 0) is 22.4 Å². The van der Waals surface area contributed by atoms with Gasteiger partial charge in [0.1, 0.15) is 6.04 Å². The van der Waals surface area contributed by atoms with Crippen LogP contribution in [0.15, 0.2) is 42.5 Å². The van der Waals surface area contributed by atoms with Crippen molar-refractivity contribution >= 4 is 10.8 Å². The van der Waals surface area contributed by atoms with E-state index in [1.807, 2.05) is 24.3 Å². The summed E-state index contributed by atoms with van der Waals surface area (Å²) in [4.78, 5) is 1.51. The number of nitrogens with one attached hydrogen (secondary N) is 1. The van der Waals surface area contributed by atoms with Crippen molar-refractivity contribution in [3.05, 3.63) is 48.0 Å². The molecule has 21 heavy (non-hydrogen) atoms. The normalized spacial score (nSPS) is 18.8. The quantitative estimate of drug-likeness (QED) is 0.914. The Balaban J connectivity index is 2.01. The van der Waals surface area contributed by atoms with Gasteiger partial charge in [-0.1, -0.05) is 36.4 Å². The van der Waals surface area contributed by atoms with E-state index in [4.69, 9.17) is 0 Å². The number of halogens is 3. The Labute approximate surface area is 121 Å². The van der Waals surface area contributed by atoms with Crippen molar-refractivity contribution < 1.29 is 13.2 Å². The molecule has 0 spiro atoms. The van der Waals surface area contributed by atoms with Crippen LogP contribution in [0.2, 0.25) is 0 Å². The van der Waals surface area contributed by atoms with Crippen LogP contribution < -0.4 is 5.32 Å². The maximum absolute atomic E-state index is 13.5. The Hall–Kier alpha value is -1.59. The van der Waals surface area contributed by atoms with Crippen molar-refractivity contribution in [2.24, 2.45) is 0 Å². The lowest BCUT2D eigenvalue weighted by atomic mass is 10.00. The summed E-state index contributed by atoms with van der Waals surface area (Å²) in [6.45, 7) is 2.02. The van der Waals surface area contributed by atoms with E-state index in [2.05, 4.69) is 5.32 Å². The number of alkyl halides is 3. The van der Waals surface area contributed by atoms with Crippen LogP contribution in [0.4, 0.5) is 13.2 Å². The topological polar surface area (TPSA) is 15.3 Å². The summed E-state index contributed by atoms with van der Waals surface area (Å²) in [5.41, 5.74) is 0.322. The van der Waals surface area contributed by atoms with Crippen LogP contribution in [-0.4, -0.2) is 37.3 Å². The van der Waals surface area contributed by atoms with E-state index < -0.39 is 12.2 Å². The Morgan fingerprint density at radius 3 is 2.29 bits per heavy atom. The van der Waals surface area contributed by atoms with E-state index in [0.717, 1.165) is 10.8 Å². The molecule has 0 saturated carbocycles. The Bertz CT molecular complexity index is 618. The predicted octanol–water partition coefficient (Wildman–Crippen LogP) is 3.35. The molecule has 2 aromatic rings. The summed E-state index contributed by atoms with van der Waals surface area (Å²) in [7, 11) is 0. The van der Waals surface area contributed by atoms with Gasteiger partial charge in [0.15, 0.2) is 0 Å². The Morgan fingerprint density at radius 1 is 0.952 bits per heavy atom. The molecule has 3 rings (SSSR count). The first kappa shape index (κ1) is 14.4. The Morgan fingerprint density at radius 2 is 1.62 bits per heavy atom. The second kappa shape index (κ2) is 5.66. The molecular weight excluding hydrogens is 277 g/mol. The summed E-state index contributed by atoms with van der Waals surface area (Å²) in [6.07, 6.45) is -4.26. The van der Waals surface area contributed by atoms with Crippen molar-refractivity contribution in [1.82, 2.24) is 10.2 Å². The van der Waals surface area contributed by atoms with Gasteiger partial charge in [-0.25, -0.2) is 0 Å². The lowest BCUT2D eigenvalue weighted by Gasteiger charge is -2.36. The number of hydrogen-bond donors (Lipinski definition) is 1. The SMILES string of the molecule is FC(F)(F)[C@@H](c1ccc2ccccc2c1)N1CCNCC1. The Kier molecular flexibility index (Phi) is 3.87. The molecule has 0 aromatic heterocycles. The third kappa shape index (κ3) is 3.04. The van der Waals surface area contributed by atoms with Crippen LogP contribution in [0.1, 0.15) is 11.6 Å². The number of nitrogens with zero attached hydrogens (tertiary/aromatic N) is 1. The van der Waals surface area contributed by atoms with Crippen molar-refractivity contribution in [1.29, 1.82) is 0 Å². The fourth-order valence-electron chi connectivity index (χ4n) is 2.93. The zero-order chi connectivity index (χ0) is 14.9. The van der Waals surface area contributed by atoms with Gasteiger partial charge in [-0.3, -0.25) is 4.90 Å². The molecule has 1 aliphatic rings. The summed E-state index contributed by atoms with van der Waals surface area (Å²) in [6, 6.07) is 11.0. The summed E-state index contributed by atoms with van der Waals surface area (Å²) >= 11 is 0. The first-order valence-corrected chi connectivity index (χ1v) is 7.06. The molecule has 0 radical (unpaired) electrons. The molecule has 112 valence electrons. The molecule has 0 amide bonds. The second-order valence-corrected chi connectivity index (χ2v) is 5.34. The number of fused-ring (bicyclic) bond motifs is 1. The minimum Gasteiger partial charge on any atom is -0.314 e. The van der Waals surface area contributed by atoms with E-state index in [1.54, 1.807) is 18.2 Å². The number of rotatable bonds is 2. The van der Waals surface area contributed by atoms with Gasteiger partial charge >= 0.3 is 6.18 Å². The van der Waals surface area contributed by atoms with Crippen LogP contribution in [0, 0.1) is 0 Å². The molecule has 1 atom stereocenters. The van der Waals surface area contributed by atoms with E-state index in [1.165, 1.54) is 4.90 Å². The zero-order valence-electron chi connectivity index (χ0n) is 11.5. The number of hydrogen-bond acceptors (Lipinski definition) is 2. The van der Waals surface area contributed by atoms with E-state index in [-0.39, 0.29) is 0 Å². The predicted molar refractivity (Wildman–Crippen MR) is 77.2 cm³/mol. The van der Waals surface area contributed by atoms with Crippen molar-refractivity contribution in [3.8, 4) is 0 Å². The first-order valence-electron chi connectivity index (χ1n) is 7.06. The highest BCUT2D eigenvalue weighted by atomic mass is 19.4. The highest BCUT2D eigenvalue weighted by Gasteiger charge is 2.44. The van der Waals surface area contributed by atoms with Gasteiger partial charge in [-0.2, -0.15) is 13.2 Å². The molecule has 1 saturated heterocycles. The van der Waals surface area contributed by atoms with E-state index in [0.29, 0.717) is 31.7 Å². The van der Waals surface area contributed by atoms with Crippen LogP contribution in [0.25, 0.3) is 10.8 Å². The van der Waals surface area contributed by atoms with Gasteiger partial charge in [-0.15, -0.1) is 0 Å². The first-order chi connectivity index (χ1) is 10.1. The molecule has 1 heterocycles. The summed E-state index contributed by atoms with van der Waals surface area (Å²) < 4.78 is 40.6. The lowest BCUT2D eigenvalue weighted by Crippen LogP contribution is -2.49. The van der Waals surface area contributed by atoms with Crippen LogP contribution in [0.3, 0.4) is 0 Å². The second-order valence-electron chi connectivity index (χ2n) is 5.34. The molecular formula is C16H17F3N2. The highest BCUT2D eigenvalue weighted by Crippen LogP contribution is 2.38. The summed E-state index contributed by atoms with van der Waals surface area (Å²) in [5, 5.41) is 4.90. The number of piperazine rings is 1. The minimum absolute atomic E-state index is 0.322. The fraction of sp³-hybridized carbons (Fsp3) is 0.375. The van der Waals surface area contributed by atoms with E-state index >= 15 is 0 Å². The minimum atomic E-state index is -4.26. The molecule has 0 aliphatic carbocycles. The largest absolute Gasteiger partial charge is 0.408 e. The molecule has 1 aliphatic heterocycles. The monoisotopic (exact) mass is 294 g/mol. The molecule has 2 aromatic carbocycles. The van der Waals surface area contributed by atoms with Gasteiger partial charge in [0.25, 0.3) is 0 Å². The standard InChI is InChI=1S/C16H17F3N2/c17-16(18,19)15(21-9-7-20-8-10-21)14-6-5-12-3-1-2-4-13(12)11-14/h1-6,11,15,20H,7-10H2/t15-/m1/s1. The average molecular weight is 294 g/mol. The van der Waals surface area contributed by atoms with Crippen LogP contribution in [0.5, 0.6) is 0 Å². The smallest absolute Gasteiger partial charge is 0.314 e. The van der Waals surface area contributed by atoms with Crippen molar-refractivity contribution in [2.45, 2.75) is 12.2 Å².